The Kier molecular flexibility index (Phi) is 3.62. The predicted molar refractivity (Wildman–Crippen MR) is 64.9 cm³/mol. The van der Waals surface area contributed by atoms with Crippen LogP contribution in [0.1, 0.15) is 11.7 Å². The van der Waals surface area contributed by atoms with Gasteiger partial charge in [0.05, 0.1) is 6.61 Å². The van der Waals surface area contributed by atoms with Crippen molar-refractivity contribution in [3.05, 3.63) is 60.2 Å². The maximum absolute atomic E-state index is 8.92. The first kappa shape index (κ1) is 11.5. The number of phenolic OH excluding ortho intramolecular Hbond substituents is 2. The largest absolute Gasteiger partial charge is 0.508 e. The van der Waals surface area contributed by atoms with Crippen LogP contribution >= 0.6 is 0 Å². The van der Waals surface area contributed by atoms with Gasteiger partial charge < -0.3 is 14.9 Å². The van der Waals surface area contributed by atoms with Gasteiger partial charge in [-0.3, -0.25) is 0 Å². The average molecular weight is 230 g/mol. The molecule has 1 unspecified atom stereocenters. The molecule has 3 rings (SSSR count). The zero-order valence-electron chi connectivity index (χ0n) is 9.28. The van der Waals surface area contributed by atoms with Crippen LogP contribution in [0, 0.1) is 0 Å². The summed E-state index contributed by atoms with van der Waals surface area (Å²) in [6, 6.07) is 15.8. The summed E-state index contributed by atoms with van der Waals surface area (Å²) >= 11 is 0. The summed E-state index contributed by atoms with van der Waals surface area (Å²) in [6.07, 6.45) is 0.292. The highest BCUT2D eigenvalue weighted by molar-refractivity contribution is 5.28. The Bertz CT molecular complexity index is 447. The van der Waals surface area contributed by atoms with Crippen molar-refractivity contribution in [3.63, 3.8) is 0 Å². The van der Waals surface area contributed by atoms with E-state index >= 15 is 0 Å². The van der Waals surface area contributed by atoms with E-state index < -0.39 is 0 Å². The standard InChI is InChI=1S/C8H8O2.C6H6O/c9-7-3-1-6(2-4-7)8-5-10-8;7-6-4-2-1-3-5-6/h1-4,8-9H,5H2;1-5,7H. The second-order valence-electron chi connectivity index (χ2n) is 3.75. The summed E-state index contributed by atoms with van der Waals surface area (Å²) in [5.41, 5.74) is 1.15. The van der Waals surface area contributed by atoms with Crippen LogP contribution in [0.3, 0.4) is 0 Å². The second kappa shape index (κ2) is 5.37. The Morgan fingerprint density at radius 1 is 0.824 bits per heavy atom. The topological polar surface area (TPSA) is 53.0 Å². The van der Waals surface area contributed by atoms with Crippen LogP contribution in [0.4, 0.5) is 0 Å². The van der Waals surface area contributed by atoms with Gasteiger partial charge in [0.2, 0.25) is 0 Å². The van der Waals surface area contributed by atoms with Crippen LogP contribution in [0.25, 0.3) is 0 Å². The summed E-state index contributed by atoms with van der Waals surface area (Å²) in [4.78, 5) is 0. The number of rotatable bonds is 1. The Morgan fingerprint density at radius 2 is 1.35 bits per heavy atom. The highest BCUT2D eigenvalue weighted by Crippen LogP contribution is 2.30. The van der Waals surface area contributed by atoms with Gasteiger partial charge in [0.15, 0.2) is 0 Å². The molecule has 3 heteroatoms. The minimum absolute atomic E-state index is 0.292. The lowest BCUT2D eigenvalue weighted by atomic mass is 10.2. The molecule has 2 aromatic carbocycles. The van der Waals surface area contributed by atoms with E-state index in [4.69, 9.17) is 14.9 Å². The SMILES string of the molecule is Oc1ccc(C2CO2)cc1.Oc1ccccc1. The number of epoxide rings is 1. The first-order valence-electron chi connectivity index (χ1n) is 5.40. The molecule has 2 aromatic rings. The molecule has 0 amide bonds. The minimum atomic E-state index is 0.292. The molecule has 1 fully saturated rings. The van der Waals surface area contributed by atoms with E-state index in [0.717, 1.165) is 12.2 Å². The summed E-state index contributed by atoms with van der Waals surface area (Å²) in [7, 11) is 0. The van der Waals surface area contributed by atoms with Crippen molar-refractivity contribution >= 4 is 0 Å². The van der Waals surface area contributed by atoms with Gasteiger partial charge >= 0.3 is 0 Å². The fraction of sp³-hybridized carbons (Fsp3) is 0.143. The molecule has 1 saturated heterocycles. The Hall–Kier alpha value is -2.00. The lowest BCUT2D eigenvalue weighted by Gasteiger charge is -1.93. The maximum Gasteiger partial charge on any atom is 0.115 e. The van der Waals surface area contributed by atoms with Gasteiger partial charge in [-0.15, -0.1) is 0 Å². The van der Waals surface area contributed by atoms with E-state index in [0.29, 0.717) is 17.6 Å². The number of phenols is 2. The van der Waals surface area contributed by atoms with Crippen molar-refractivity contribution in [1.82, 2.24) is 0 Å². The first-order chi connectivity index (χ1) is 8.25. The van der Waals surface area contributed by atoms with Crippen molar-refractivity contribution in [2.45, 2.75) is 6.10 Å². The van der Waals surface area contributed by atoms with E-state index in [2.05, 4.69) is 0 Å². The molecule has 88 valence electrons. The zero-order chi connectivity index (χ0) is 12.1. The van der Waals surface area contributed by atoms with Gasteiger partial charge in [-0.05, 0) is 29.8 Å². The number of benzene rings is 2. The van der Waals surface area contributed by atoms with Crippen LogP contribution in [0.2, 0.25) is 0 Å². The Morgan fingerprint density at radius 3 is 1.76 bits per heavy atom. The lowest BCUT2D eigenvalue weighted by molar-refractivity contribution is 0.415. The fourth-order valence-corrected chi connectivity index (χ4v) is 1.36. The van der Waals surface area contributed by atoms with Gasteiger partial charge in [0.1, 0.15) is 17.6 Å². The minimum Gasteiger partial charge on any atom is -0.508 e. The summed E-state index contributed by atoms with van der Waals surface area (Å²) in [5, 5.41) is 17.6. The highest BCUT2D eigenvalue weighted by atomic mass is 16.6. The van der Waals surface area contributed by atoms with E-state index in [1.807, 2.05) is 18.2 Å². The molecule has 2 N–H and O–H groups in total. The monoisotopic (exact) mass is 230 g/mol. The number of hydrogen-bond acceptors (Lipinski definition) is 3. The number of ether oxygens (including phenoxy) is 1. The molecule has 0 spiro atoms. The van der Waals surface area contributed by atoms with Crippen LogP contribution in [0.15, 0.2) is 54.6 Å². The van der Waals surface area contributed by atoms with E-state index in [1.54, 1.807) is 36.4 Å². The molecular formula is C14H14O3. The van der Waals surface area contributed by atoms with E-state index in [9.17, 15) is 0 Å². The van der Waals surface area contributed by atoms with Gasteiger partial charge in [-0.25, -0.2) is 0 Å². The van der Waals surface area contributed by atoms with Crippen molar-refractivity contribution in [3.8, 4) is 11.5 Å². The van der Waals surface area contributed by atoms with Crippen LogP contribution in [0.5, 0.6) is 11.5 Å². The number of aromatic hydroxyl groups is 2. The third-order valence-corrected chi connectivity index (χ3v) is 2.35. The molecule has 0 bridgehead atoms. The van der Waals surface area contributed by atoms with Crippen molar-refractivity contribution in [2.75, 3.05) is 6.61 Å². The molecule has 1 heterocycles. The third-order valence-electron chi connectivity index (χ3n) is 2.35. The molecule has 17 heavy (non-hydrogen) atoms. The van der Waals surface area contributed by atoms with Crippen LogP contribution < -0.4 is 0 Å². The maximum atomic E-state index is 8.92. The quantitative estimate of drug-likeness (QED) is 0.741. The van der Waals surface area contributed by atoms with Gasteiger partial charge in [0, 0.05) is 0 Å². The second-order valence-corrected chi connectivity index (χ2v) is 3.75. The van der Waals surface area contributed by atoms with Crippen molar-refractivity contribution < 1.29 is 14.9 Å². The molecule has 0 saturated carbocycles. The van der Waals surface area contributed by atoms with E-state index in [-0.39, 0.29) is 0 Å². The van der Waals surface area contributed by atoms with Crippen molar-refractivity contribution in [1.29, 1.82) is 0 Å². The predicted octanol–water partition coefficient (Wildman–Crippen LogP) is 2.86. The Balaban J connectivity index is 0.000000136. The molecular weight excluding hydrogens is 216 g/mol. The molecule has 1 aliphatic heterocycles. The fourth-order valence-electron chi connectivity index (χ4n) is 1.36. The smallest absolute Gasteiger partial charge is 0.115 e. The normalized spacial score (nSPS) is 16.8. The Labute approximate surface area is 99.9 Å². The number of para-hydroxylation sites is 1. The van der Waals surface area contributed by atoms with Crippen molar-refractivity contribution in [2.24, 2.45) is 0 Å². The first-order valence-corrected chi connectivity index (χ1v) is 5.40. The summed E-state index contributed by atoms with van der Waals surface area (Å²) in [5.74, 6) is 0.631. The lowest BCUT2D eigenvalue weighted by Crippen LogP contribution is -1.76. The van der Waals surface area contributed by atoms with E-state index in [1.165, 1.54) is 0 Å². The molecule has 0 aromatic heterocycles. The molecule has 1 aliphatic rings. The molecule has 3 nitrogen and oxygen atoms in total. The number of hydrogen-bond donors (Lipinski definition) is 2. The van der Waals surface area contributed by atoms with Gasteiger partial charge in [-0.1, -0.05) is 30.3 Å². The van der Waals surface area contributed by atoms with Gasteiger partial charge in [-0.2, -0.15) is 0 Å². The average Bonchev–Trinajstić information content (AvgIpc) is 3.16. The third kappa shape index (κ3) is 3.81. The molecule has 0 radical (unpaired) electrons. The molecule has 1 atom stereocenters. The van der Waals surface area contributed by atoms with Gasteiger partial charge in [0.25, 0.3) is 0 Å². The summed E-state index contributed by atoms with van der Waals surface area (Å²) in [6.45, 7) is 0.824. The highest BCUT2D eigenvalue weighted by Gasteiger charge is 2.23. The van der Waals surface area contributed by atoms with Crippen LogP contribution in [-0.2, 0) is 4.74 Å². The molecule has 0 aliphatic carbocycles. The summed E-state index contributed by atoms with van der Waals surface area (Å²) < 4.78 is 5.05. The van der Waals surface area contributed by atoms with Crippen LogP contribution in [-0.4, -0.2) is 16.8 Å². The zero-order valence-corrected chi connectivity index (χ0v) is 9.28.